The van der Waals surface area contributed by atoms with Gasteiger partial charge in [0.25, 0.3) is 0 Å². The van der Waals surface area contributed by atoms with Gasteiger partial charge in [0.2, 0.25) is 5.91 Å². The molecule has 6 nitrogen and oxygen atoms in total. The van der Waals surface area contributed by atoms with E-state index >= 15 is 0 Å². The average Bonchev–Trinajstić information content (AvgIpc) is 2.63. The Hall–Kier alpha value is -1.47. The van der Waals surface area contributed by atoms with Crippen LogP contribution in [0.15, 0.2) is 5.38 Å². The van der Waals surface area contributed by atoms with Gasteiger partial charge in [-0.1, -0.05) is 0 Å². The molecule has 1 aromatic heterocycles. The van der Waals surface area contributed by atoms with Gasteiger partial charge in [0.15, 0.2) is 5.69 Å². The molecule has 1 heterocycles. The SMILES string of the molecule is CNCC(=O)NCc1nc(C(=O)O)cs1. The highest BCUT2D eigenvalue weighted by molar-refractivity contribution is 7.09. The summed E-state index contributed by atoms with van der Waals surface area (Å²) < 4.78 is 0. The molecule has 82 valence electrons. The zero-order valence-electron chi connectivity index (χ0n) is 8.11. The van der Waals surface area contributed by atoms with Gasteiger partial charge in [-0.25, -0.2) is 9.78 Å². The van der Waals surface area contributed by atoms with E-state index in [2.05, 4.69) is 15.6 Å². The van der Waals surface area contributed by atoms with Crippen molar-refractivity contribution in [3.05, 3.63) is 16.1 Å². The van der Waals surface area contributed by atoms with Crippen LogP contribution in [0.5, 0.6) is 0 Å². The van der Waals surface area contributed by atoms with Crippen molar-refractivity contribution < 1.29 is 14.7 Å². The number of carbonyl (C=O) groups excluding carboxylic acids is 1. The number of hydrogen-bond acceptors (Lipinski definition) is 5. The lowest BCUT2D eigenvalue weighted by Gasteiger charge is -2.00. The molecule has 0 aliphatic rings. The molecule has 1 aromatic rings. The highest BCUT2D eigenvalue weighted by atomic mass is 32.1. The normalized spacial score (nSPS) is 9.93. The first-order valence-electron chi connectivity index (χ1n) is 4.22. The molecule has 0 unspecified atom stereocenters. The summed E-state index contributed by atoms with van der Waals surface area (Å²) in [7, 11) is 1.67. The van der Waals surface area contributed by atoms with Crippen molar-refractivity contribution in [1.82, 2.24) is 15.6 Å². The first kappa shape index (κ1) is 11.6. The van der Waals surface area contributed by atoms with Crippen LogP contribution < -0.4 is 10.6 Å². The zero-order chi connectivity index (χ0) is 11.3. The van der Waals surface area contributed by atoms with Crippen molar-refractivity contribution in [2.75, 3.05) is 13.6 Å². The molecule has 0 spiro atoms. The van der Waals surface area contributed by atoms with Crippen molar-refractivity contribution in [3.8, 4) is 0 Å². The second-order valence-electron chi connectivity index (χ2n) is 2.74. The molecule has 0 saturated carbocycles. The second-order valence-corrected chi connectivity index (χ2v) is 3.68. The fourth-order valence-electron chi connectivity index (χ4n) is 0.888. The van der Waals surface area contributed by atoms with Gasteiger partial charge in [-0.3, -0.25) is 4.79 Å². The van der Waals surface area contributed by atoms with Crippen LogP contribution >= 0.6 is 11.3 Å². The monoisotopic (exact) mass is 229 g/mol. The van der Waals surface area contributed by atoms with Gasteiger partial charge in [0, 0.05) is 5.38 Å². The molecule has 0 aromatic carbocycles. The summed E-state index contributed by atoms with van der Waals surface area (Å²) in [6.07, 6.45) is 0. The van der Waals surface area contributed by atoms with Gasteiger partial charge >= 0.3 is 5.97 Å². The van der Waals surface area contributed by atoms with Crippen LogP contribution in [0.1, 0.15) is 15.5 Å². The van der Waals surface area contributed by atoms with Crippen molar-refractivity contribution in [3.63, 3.8) is 0 Å². The number of thiazole rings is 1. The number of amides is 1. The molecule has 0 fully saturated rings. The average molecular weight is 229 g/mol. The van der Waals surface area contributed by atoms with Crippen LogP contribution in [-0.2, 0) is 11.3 Å². The molecular formula is C8H11N3O3S. The van der Waals surface area contributed by atoms with E-state index in [1.54, 1.807) is 7.05 Å². The molecule has 1 rings (SSSR count). The predicted molar refractivity (Wildman–Crippen MR) is 54.8 cm³/mol. The third-order valence-corrected chi connectivity index (χ3v) is 2.39. The quantitative estimate of drug-likeness (QED) is 0.643. The summed E-state index contributed by atoms with van der Waals surface area (Å²) in [4.78, 5) is 25.4. The van der Waals surface area contributed by atoms with Crippen molar-refractivity contribution in [2.45, 2.75) is 6.54 Å². The number of aromatic nitrogens is 1. The topological polar surface area (TPSA) is 91.3 Å². The molecule has 3 N–H and O–H groups in total. The number of carboxylic acids is 1. The van der Waals surface area contributed by atoms with E-state index in [0.717, 1.165) is 0 Å². The summed E-state index contributed by atoms with van der Waals surface area (Å²) in [5.74, 6) is -1.20. The van der Waals surface area contributed by atoms with Crippen LogP contribution in [0.25, 0.3) is 0 Å². The number of nitrogens with zero attached hydrogens (tertiary/aromatic N) is 1. The lowest BCUT2D eigenvalue weighted by molar-refractivity contribution is -0.120. The van der Waals surface area contributed by atoms with Gasteiger partial charge in [0.1, 0.15) is 5.01 Å². The van der Waals surface area contributed by atoms with Gasteiger partial charge in [0.05, 0.1) is 13.1 Å². The lowest BCUT2D eigenvalue weighted by atomic mass is 10.5. The van der Waals surface area contributed by atoms with Crippen molar-refractivity contribution in [2.24, 2.45) is 0 Å². The van der Waals surface area contributed by atoms with E-state index < -0.39 is 5.97 Å². The van der Waals surface area contributed by atoms with Gasteiger partial charge in [-0.2, -0.15) is 0 Å². The number of carbonyl (C=O) groups is 2. The number of hydrogen-bond donors (Lipinski definition) is 3. The van der Waals surface area contributed by atoms with E-state index in [4.69, 9.17) is 5.11 Å². The second kappa shape index (κ2) is 5.42. The fraction of sp³-hybridized carbons (Fsp3) is 0.375. The van der Waals surface area contributed by atoms with E-state index in [9.17, 15) is 9.59 Å². The Balaban J connectivity index is 2.44. The molecule has 0 aliphatic carbocycles. The number of likely N-dealkylation sites (N-methyl/N-ethyl adjacent to an activating group) is 1. The van der Waals surface area contributed by atoms with Gasteiger partial charge < -0.3 is 15.7 Å². The third kappa shape index (κ3) is 3.64. The van der Waals surface area contributed by atoms with Crippen LogP contribution in [0.3, 0.4) is 0 Å². The Morgan fingerprint density at radius 1 is 1.60 bits per heavy atom. The predicted octanol–water partition coefficient (Wildman–Crippen LogP) is -0.323. The molecule has 0 radical (unpaired) electrons. The Bertz CT molecular complexity index is 364. The van der Waals surface area contributed by atoms with E-state index in [0.29, 0.717) is 5.01 Å². The molecule has 0 bridgehead atoms. The van der Waals surface area contributed by atoms with Crippen LogP contribution in [0.4, 0.5) is 0 Å². The van der Waals surface area contributed by atoms with Gasteiger partial charge in [-0.15, -0.1) is 11.3 Å². The standard InChI is InChI=1S/C8H11N3O3S/c1-9-2-6(12)10-3-7-11-5(4-15-7)8(13)14/h4,9H,2-3H2,1H3,(H,10,12)(H,13,14). The Kier molecular flexibility index (Phi) is 4.19. The summed E-state index contributed by atoms with van der Waals surface area (Å²) in [5.41, 5.74) is 0.0119. The molecule has 15 heavy (non-hydrogen) atoms. The van der Waals surface area contributed by atoms with E-state index in [1.807, 2.05) is 0 Å². The minimum absolute atomic E-state index is 0.0119. The van der Waals surface area contributed by atoms with Crippen molar-refractivity contribution in [1.29, 1.82) is 0 Å². The minimum atomic E-state index is -1.06. The molecule has 0 saturated heterocycles. The first-order chi connectivity index (χ1) is 7.13. The maximum absolute atomic E-state index is 11.0. The number of rotatable bonds is 5. The largest absolute Gasteiger partial charge is 0.476 e. The molecule has 0 atom stereocenters. The summed E-state index contributed by atoms with van der Waals surface area (Å²) in [6, 6.07) is 0. The Morgan fingerprint density at radius 3 is 2.87 bits per heavy atom. The highest BCUT2D eigenvalue weighted by Gasteiger charge is 2.08. The smallest absolute Gasteiger partial charge is 0.355 e. The molecular weight excluding hydrogens is 218 g/mol. The number of aromatic carboxylic acids is 1. The highest BCUT2D eigenvalue weighted by Crippen LogP contribution is 2.08. The lowest BCUT2D eigenvalue weighted by Crippen LogP contribution is -2.31. The number of nitrogens with one attached hydrogen (secondary N) is 2. The maximum Gasteiger partial charge on any atom is 0.355 e. The van der Waals surface area contributed by atoms with Crippen LogP contribution in [-0.4, -0.2) is 35.6 Å². The third-order valence-electron chi connectivity index (χ3n) is 1.54. The Morgan fingerprint density at radius 2 is 2.33 bits per heavy atom. The van der Waals surface area contributed by atoms with Gasteiger partial charge in [-0.05, 0) is 7.05 Å². The first-order valence-corrected chi connectivity index (χ1v) is 5.10. The summed E-state index contributed by atoms with van der Waals surface area (Å²) >= 11 is 1.21. The summed E-state index contributed by atoms with van der Waals surface area (Å²) in [5, 5.41) is 15.9. The maximum atomic E-state index is 11.0. The number of carboxylic acid groups (broad SMARTS) is 1. The molecule has 1 amide bonds. The van der Waals surface area contributed by atoms with Crippen molar-refractivity contribution >= 4 is 23.2 Å². The summed E-state index contributed by atoms with van der Waals surface area (Å²) in [6.45, 7) is 0.496. The van der Waals surface area contributed by atoms with Crippen LogP contribution in [0, 0.1) is 0 Å². The molecule has 7 heteroatoms. The van der Waals surface area contributed by atoms with E-state index in [-0.39, 0.29) is 24.7 Å². The fourth-order valence-corrected chi connectivity index (χ4v) is 1.60. The van der Waals surface area contributed by atoms with E-state index in [1.165, 1.54) is 16.7 Å². The van der Waals surface area contributed by atoms with Crippen LogP contribution in [0.2, 0.25) is 0 Å². The Labute approximate surface area is 90.3 Å². The molecule has 0 aliphatic heterocycles. The zero-order valence-corrected chi connectivity index (χ0v) is 8.93. The minimum Gasteiger partial charge on any atom is -0.476 e.